The molecule has 2 unspecified atom stereocenters. The van der Waals surface area contributed by atoms with Crippen LogP contribution in [0.4, 0.5) is 0 Å². The normalized spacial score (nSPS) is 30.1. The van der Waals surface area contributed by atoms with E-state index in [2.05, 4.69) is 39.4 Å². The summed E-state index contributed by atoms with van der Waals surface area (Å²) in [4.78, 5) is 2.67. The third kappa shape index (κ3) is 2.55. The summed E-state index contributed by atoms with van der Waals surface area (Å²) in [5, 5.41) is 5.10. The first-order valence-corrected chi connectivity index (χ1v) is 9.00. The average molecular weight is 361 g/mol. The van der Waals surface area contributed by atoms with Crippen LogP contribution in [-0.4, -0.2) is 32.1 Å². The number of aromatic nitrogens is 2. The number of rotatable bonds is 4. The molecule has 2 atom stereocenters. The molecule has 1 aromatic heterocycles. The smallest absolute Gasteiger partial charge is 0.0767 e. The van der Waals surface area contributed by atoms with Crippen molar-refractivity contribution in [2.75, 3.05) is 0 Å². The molecule has 0 aliphatic carbocycles. The summed E-state index contributed by atoms with van der Waals surface area (Å²) in [6, 6.07) is 1.35. The standard InChI is InChI=1S/C15H23BrClN3/c1-3-13-15(16)14(20(4-2)18-13)9-19-11-5-6-12(19)8-10(17)7-11/h10-12H,3-9H2,1-2H3. The Balaban J connectivity index is 1.83. The molecule has 0 radical (unpaired) electrons. The minimum absolute atomic E-state index is 0.384. The number of hydrogen-bond donors (Lipinski definition) is 0. The minimum Gasteiger partial charge on any atom is -0.291 e. The summed E-state index contributed by atoms with van der Waals surface area (Å²) in [5.41, 5.74) is 2.52. The van der Waals surface area contributed by atoms with Gasteiger partial charge in [-0.15, -0.1) is 11.6 Å². The van der Waals surface area contributed by atoms with Crippen molar-refractivity contribution in [3.8, 4) is 0 Å². The van der Waals surface area contributed by atoms with Gasteiger partial charge in [0.2, 0.25) is 0 Å². The van der Waals surface area contributed by atoms with Crippen molar-refractivity contribution in [2.45, 2.75) is 76.5 Å². The first kappa shape index (κ1) is 14.9. The van der Waals surface area contributed by atoms with Gasteiger partial charge in [0.15, 0.2) is 0 Å². The van der Waals surface area contributed by atoms with Crippen LogP contribution >= 0.6 is 27.5 Å². The van der Waals surface area contributed by atoms with Crippen LogP contribution in [0.2, 0.25) is 0 Å². The highest BCUT2D eigenvalue weighted by molar-refractivity contribution is 9.10. The average Bonchev–Trinajstić information content (AvgIpc) is 2.86. The van der Waals surface area contributed by atoms with Crippen molar-refractivity contribution in [3.63, 3.8) is 0 Å². The first-order chi connectivity index (χ1) is 9.63. The third-order valence-corrected chi connectivity index (χ3v) is 6.13. The van der Waals surface area contributed by atoms with Gasteiger partial charge < -0.3 is 0 Å². The topological polar surface area (TPSA) is 21.1 Å². The Kier molecular flexibility index (Phi) is 4.44. The molecule has 0 aromatic carbocycles. The fourth-order valence-corrected chi connectivity index (χ4v) is 4.91. The third-order valence-electron chi connectivity index (χ3n) is 4.85. The van der Waals surface area contributed by atoms with E-state index in [4.69, 9.17) is 16.7 Å². The molecule has 3 nitrogen and oxygen atoms in total. The Morgan fingerprint density at radius 3 is 2.45 bits per heavy atom. The Hall–Kier alpha value is -0.0600. The van der Waals surface area contributed by atoms with E-state index >= 15 is 0 Å². The van der Waals surface area contributed by atoms with Gasteiger partial charge in [-0.25, -0.2) is 0 Å². The first-order valence-electron chi connectivity index (χ1n) is 7.77. The number of nitrogens with zero attached hydrogens (tertiary/aromatic N) is 3. The van der Waals surface area contributed by atoms with Crippen LogP contribution in [0.15, 0.2) is 4.47 Å². The van der Waals surface area contributed by atoms with Crippen molar-refractivity contribution >= 4 is 27.5 Å². The molecule has 1 aromatic rings. The quantitative estimate of drug-likeness (QED) is 0.758. The maximum atomic E-state index is 6.38. The highest BCUT2D eigenvalue weighted by atomic mass is 79.9. The van der Waals surface area contributed by atoms with Gasteiger partial charge in [0.05, 0.1) is 15.9 Å². The lowest BCUT2D eigenvalue weighted by Gasteiger charge is -2.37. The van der Waals surface area contributed by atoms with E-state index < -0.39 is 0 Å². The summed E-state index contributed by atoms with van der Waals surface area (Å²) < 4.78 is 3.38. The van der Waals surface area contributed by atoms with Gasteiger partial charge in [-0.2, -0.15) is 5.10 Å². The van der Waals surface area contributed by atoms with E-state index in [-0.39, 0.29) is 0 Å². The largest absolute Gasteiger partial charge is 0.291 e. The van der Waals surface area contributed by atoms with Crippen LogP contribution in [0, 0.1) is 0 Å². The Labute approximate surface area is 134 Å². The molecule has 112 valence electrons. The van der Waals surface area contributed by atoms with E-state index in [1.807, 2.05) is 0 Å². The molecule has 0 amide bonds. The van der Waals surface area contributed by atoms with E-state index in [1.165, 1.54) is 28.7 Å². The second kappa shape index (κ2) is 5.98. The summed E-state index contributed by atoms with van der Waals surface area (Å²) in [6.07, 6.45) is 5.91. The zero-order valence-corrected chi connectivity index (χ0v) is 14.6. The van der Waals surface area contributed by atoms with Crippen molar-refractivity contribution in [1.29, 1.82) is 0 Å². The van der Waals surface area contributed by atoms with E-state index in [9.17, 15) is 0 Å². The van der Waals surface area contributed by atoms with Crippen LogP contribution in [0.3, 0.4) is 0 Å². The van der Waals surface area contributed by atoms with Crippen LogP contribution in [-0.2, 0) is 19.5 Å². The zero-order chi connectivity index (χ0) is 14.3. The number of hydrogen-bond acceptors (Lipinski definition) is 2. The lowest BCUT2D eigenvalue weighted by molar-refractivity contribution is 0.130. The van der Waals surface area contributed by atoms with Crippen LogP contribution in [0.1, 0.15) is 50.9 Å². The monoisotopic (exact) mass is 359 g/mol. The van der Waals surface area contributed by atoms with E-state index in [0.717, 1.165) is 32.4 Å². The molecule has 3 rings (SSSR count). The number of alkyl halides is 1. The molecule has 2 saturated heterocycles. The van der Waals surface area contributed by atoms with E-state index in [0.29, 0.717) is 17.5 Å². The molecule has 0 N–H and O–H groups in total. The Morgan fingerprint density at radius 2 is 1.90 bits per heavy atom. The maximum Gasteiger partial charge on any atom is 0.0767 e. The molecule has 0 spiro atoms. The summed E-state index contributed by atoms with van der Waals surface area (Å²) in [5.74, 6) is 0. The predicted octanol–water partition coefficient (Wildman–Crippen LogP) is 3.96. The van der Waals surface area contributed by atoms with Gasteiger partial charge in [0, 0.05) is 30.6 Å². The lowest BCUT2D eigenvalue weighted by Crippen LogP contribution is -2.43. The molecule has 0 saturated carbocycles. The molecular weight excluding hydrogens is 338 g/mol. The molecule has 20 heavy (non-hydrogen) atoms. The van der Waals surface area contributed by atoms with Gasteiger partial charge in [0.25, 0.3) is 0 Å². The van der Waals surface area contributed by atoms with Crippen LogP contribution in [0.5, 0.6) is 0 Å². The SMILES string of the molecule is CCc1nn(CC)c(CN2C3CCC2CC(Cl)C3)c1Br. The Morgan fingerprint density at radius 1 is 1.25 bits per heavy atom. The van der Waals surface area contributed by atoms with Gasteiger partial charge in [0.1, 0.15) is 0 Å². The number of halogens is 2. The number of piperidine rings is 1. The van der Waals surface area contributed by atoms with Crippen molar-refractivity contribution in [2.24, 2.45) is 0 Å². The molecular formula is C15H23BrClN3. The van der Waals surface area contributed by atoms with Gasteiger partial charge in [-0.05, 0) is 55.0 Å². The van der Waals surface area contributed by atoms with Crippen LogP contribution < -0.4 is 0 Å². The number of aryl methyl sites for hydroxylation is 2. The lowest BCUT2D eigenvalue weighted by atomic mass is 10.0. The molecule has 2 bridgehead atoms. The second-order valence-corrected chi connectivity index (χ2v) is 7.41. The molecule has 2 aliphatic rings. The molecule has 3 heterocycles. The summed E-state index contributed by atoms with van der Waals surface area (Å²) >= 11 is 10.1. The predicted molar refractivity (Wildman–Crippen MR) is 86.2 cm³/mol. The maximum absolute atomic E-state index is 6.38. The van der Waals surface area contributed by atoms with Gasteiger partial charge >= 0.3 is 0 Å². The van der Waals surface area contributed by atoms with E-state index in [1.54, 1.807) is 0 Å². The van der Waals surface area contributed by atoms with Crippen molar-refractivity contribution in [3.05, 3.63) is 15.9 Å². The Bertz CT molecular complexity index is 474. The molecule has 2 aliphatic heterocycles. The highest BCUT2D eigenvalue weighted by Gasteiger charge is 2.40. The summed E-state index contributed by atoms with van der Waals surface area (Å²) in [7, 11) is 0. The molecule has 2 fully saturated rings. The van der Waals surface area contributed by atoms with Gasteiger partial charge in [-0.1, -0.05) is 6.92 Å². The van der Waals surface area contributed by atoms with Gasteiger partial charge in [-0.3, -0.25) is 9.58 Å². The fourth-order valence-electron chi connectivity index (χ4n) is 3.81. The second-order valence-electron chi connectivity index (χ2n) is 6.00. The molecule has 5 heteroatoms. The zero-order valence-electron chi connectivity index (χ0n) is 12.3. The van der Waals surface area contributed by atoms with Crippen LogP contribution in [0.25, 0.3) is 0 Å². The fraction of sp³-hybridized carbons (Fsp3) is 0.800. The minimum atomic E-state index is 0.384. The summed E-state index contributed by atoms with van der Waals surface area (Å²) in [6.45, 7) is 6.29. The number of fused-ring (bicyclic) bond motifs is 2. The highest BCUT2D eigenvalue weighted by Crippen LogP contribution is 2.39. The van der Waals surface area contributed by atoms with Crippen molar-refractivity contribution in [1.82, 2.24) is 14.7 Å². The van der Waals surface area contributed by atoms with Crippen molar-refractivity contribution < 1.29 is 0 Å².